The molecule has 0 atom stereocenters. The van der Waals surface area contributed by atoms with E-state index in [1.54, 1.807) is 18.5 Å². The first-order valence-electron chi connectivity index (χ1n) is 6.52. The highest BCUT2D eigenvalue weighted by Gasteiger charge is 2.28. The fraction of sp³-hybridized carbons (Fsp3) is 0.357. The largest absolute Gasteiger partial charge is 0.437 e. The summed E-state index contributed by atoms with van der Waals surface area (Å²) in [7, 11) is 1.84. The average molecular weight is 291 g/mol. The second kappa shape index (κ2) is 5.25. The summed E-state index contributed by atoms with van der Waals surface area (Å²) in [6, 6.07) is 1.71. The van der Waals surface area contributed by atoms with Crippen LogP contribution in [0.4, 0.5) is 5.82 Å². The highest BCUT2D eigenvalue weighted by atomic mass is 35.5. The van der Waals surface area contributed by atoms with Gasteiger partial charge in [-0.25, -0.2) is 4.98 Å². The fourth-order valence-electron chi connectivity index (χ4n) is 1.94. The van der Waals surface area contributed by atoms with Crippen molar-refractivity contribution in [1.82, 2.24) is 15.0 Å². The minimum Gasteiger partial charge on any atom is -0.437 e. The number of nitrogens with zero attached hydrogens (tertiary/aromatic N) is 3. The number of hydrogen-bond acceptors (Lipinski definition) is 5. The number of anilines is 1. The molecule has 1 saturated carbocycles. The monoisotopic (exact) mass is 290 g/mol. The van der Waals surface area contributed by atoms with Crippen LogP contribution in [0, 0.1) is 6.92 Å². The third kappa shape index (κ3) is 2.67. The van der Waals surface area contributed by atoms with Gasteiger partial charge in [0.2, 0.25) is 5.88 Å². The van der Waals surface area contributed by atoms with Crippen molar-refractivity contribution in [3.63, 3.8) is 0 Å². The molecule has 2 heterocycles. The highest BCUT2D eigenvalue weighted by Crippen LogP contribution is 2.40. The molecule has 104 valence electrons. The van der Waals surface area contributed by atoms with Crippen molar-refractivity contribution in [1.29, 1.82) is 0 Å². The molecule has 2 aromatic heterocycles. The Balaban J connectivity index is 1.97. The van der Waals surface area contributed by atoms with Crippen LogP contribution in [-0.2, 0) is 0 Å². The van der Waals surface area contributed by atoms with Gasteiger partial charge in [-0.1, -0.05) is 11.6 Å². The third-order valence-electron chi connectivity index (χ3n) is 3.19. The molecule has 0 spiro atoms. The van der Waals surface area contributed by atoms with Crippen LogP contribution in [-0.4, -0.2) is 22.0 Å². The molecule has 0 saturated heterocycles. The molecular weight excluding hydrogens is 276 g/mol. The molecule has 6 heteroatoms. The lowest BCUT2D eigenvalue weighted by atomic mass is 10.3. The molecule has 0 amide bonds. The van der Waals surface area contributed by atoms with Crippen LogP contribution in [0.3, 0.4) is 0 Å². The van der Waals surface area contributed by atoms with E-state index in [4.69, 9.17) is 16.3 Å². The minimum atomic E-state index is 0.461. The summed E-state index contributed by atoms with van der Waals surface area (Å²) in [5, 5.41) is 3.62. The number of aromatic nitrogens is 3. The van der Waals surface area contributed by atoms with Gasteiger partial charge in [-0.05, 0) is 19.8 Å². The molecule has 5 nitrogen and oxygen atoms in total. The number of rotatable bonds is 4. The van der Waals surface area contributed by atoms with Crippen LogP contribution in [0.1, 0.15) is 30.1 Å². The first-order chi connectivity index (χ1) is 9.67. The average Bonchev–Trinajstić information content (AvgIpc) is 3.25. The van der Waals surface area contributed by atoms with Gasteiger partial charge in [-0.15, -0.1) is 0 Å². The number of pyridine rings is 1. The molecular formula is C14H15ClN4O. The van der Waals surface area contributed by atoms with Crippen LogP contribution >= 0.6 is 11.6 Å². The van der Waals surface area contributed by atoms with Crippen molar-refractivity contribution < 1.29 is 4.74 Å². The van der Waals surface area contributed by atoms with Crippen molar-refractivity contribution in [3.05, 3.63) is 34.9 Å². The van der Waals surface area contributed by atoms with Gasteiger partial charge in [0, 0.05) is 25.2 Å². The topological polar surface area (TPSA) is 59.9 Å². The predicted molar refractivity (Wildman–Crippen MR) is 77.6 cm³/mol. The Morgan fingerprint density at radius 1 is 1.30 bits per heavy atom. The van der Waals surface area contributed by atoms with Crippen LogP contribution in [0.2, 0.25) is 5.02 Å². The van der Waals surface area contributed by atoms with E-state index in [2.05, 4.69) is 20.3 Å². The maximum absolute atomic E-state index is 5.91. The molecule has 0 bridgehead atoms. The highest BCUT2D eigenvalue weighted by molar-refractivity contribution is 6.30. The Morgan fingerprint density at radius 3 is 2.75 bits per heavy atom. The predicted octanol–water partition coefficient (Wildman–Crippen LogP) is 3.54. The molecule has 0 radical (unpaired) electrons. The number of nitrogens with one attached hydrogen (secondary N) is 1. The Bertz CT molecular complexity index is 643. The number of halogens is 1. The van der Waals surface area contributed by atoms with E-state index in [0.29, 0.717) is 22.6 Å². The van der Waals surface area contributed by atoms with Crippen molar-refractivity contribution >= 4 is 17.4 Å². The molecule has 0 aliphatic heterocycles. The molecule has 20 heavy (non-hydrogen) atoms. The quantitative estimate of drug-likeness (QED) is 0.933. The van der Waals surface area contributed by atoms with Crippen LogP contribution in [0.25, 0.3) is 0 Å². The van der Waals surface area contributed by atoms with E-state index in [9.17, 15) is 0 Å². The summed E-state index contributed by atoms with van der Waals surface area (Å²) in [5.74, 6) is 3.22. The minimum absolute atomic E-state index is 0.461. The van der Waals surface area contributed by atoms with E-state index in [1.165, 1.54) is 0 Å². The van der Waals surface area contributed by atoms with E-state index >= 15 is 0 Å². The fourth-order valence-corrected chi connectivity index (χ4v) is 2.10. The second-order valence-electron chi connectivity index (χ2n) is 4.83. The van der Waals surface area contributed by atoms with Gasteiger partial charge in [0.15, 0.2) is 0 Å². The van der Waals surface area contributed by atoms with Gasteiger partial charge >= 0.3 is 0 Å². The third-order valence-corrected chi connectivity index (χ3v) is 3.40. The standard InChI is InChI=1S/C14H15ClN4O/c1-8-12(16-2)18-13(9-3-4-9)19-14(8)20-11-5-10(15)6-17-7-11/h5-7,9H,3-4H2,1-2H3,(H,16,18,19). The maximum Gasteiger partial charge on any atom is 0.227 e. The van der Waals surface area contributed by atoms with E-state index < -0.39 is 0 Å². The molecule has 0 aromatic carbocycles. The molecule has 1 aliphatic carbocycles. The smallest absolute Gasteiger partial charge is 0.227 e. The molecule has 1 aliphatic rings. The number of ether oxygens (including phenoxy) is 1. The zero-order valence-corrected chi connectivity index (χ0v) is 12.1. The molecule has 2 aromatic rings. The lowest BCUT2D eigenvalue weighted by Crippen LogP contribution is -2.04. The van der Waals surface area contributed by atoms with Gasteiger partial charge in [0.05, 0.1) is 16.8 Å². The normalized spacial score (nSPS) is 14.2. The zero-order chi connectivity index (χ0) is 14.1. The van der Waals surface area contributed by atoms with Gasteiger partial charge < -0.3 is 10.1 Å². The second-order valence-corrected chi connectivity index (χ2v) is 5.26. The molecule has 3 rings (SSSR count). The summed E-state index contributed by atoms with van der Waals surface area (Å²) in [5.41, 5.74) is 0.872. The van der Waals surface area contributed by atoms with Crippen LogP contribution < -0.4 is 10.1 Å². The van der Waals surface area contributed by atoms with Crippen molar-refractivity contribution in [3.8, 4) is 11.6 Å². The van der Waals surface area contributed by atoms with Gasteiger partial charge in [0.1, 0.15) is 17.4 Å². The van der Waals surface area contributed by atoms with Crippen LogP contribution in [0.15, 0.2) is 18.5 Å². The maximum atomic E-state index is 5.91. The Hall–Kier alpha value is -1.88. The van der Waals surface area contributed by atoms with Crippen molar-refractivity contribution in [2.45, 2.75) is 25.7 Å². The van der Waals surface area contributed by atoms with E-state index in [1.807, 2.05) is 14.0 Å². The lowest BCUT2D eigenvalue weighted by Gasteiger charge is -2.12. The molecule has 0 unspecified atom stereocenters. The Labute approximate surface area is 122 Å². The summed E-state index contributed by atoms with van der Waals surface area (Å²) in [4.78, 5) is 13.1. The number of hydrogen-bond donors (Lipinski definition) is 1. The Kier molecular flexibility index (Phi) is 3.44. The summed E-state index contributed by atoms with van der Waals surface area (Å²) in [6.45, 7) is 1.93. The van der Waals surface area contributed by atoms with E-state index in [-0.39, 0.29) is 0 Å². The summed E-state index contributed by atoms with van der Waals surface area (Å²) >= 11 is 5.91. The zero-order valence-electron chi connectivity index (χ0n) is 11.4. The Morgan fingerprint density at radius 2 is 2.10 bits per heavy atom. The van der Waals surface area contributed by atoms with Gasteiger partial charge in [-0.2, -0.15) is 4.98 Å². The molecule has 1 N–H and O–H groups in total. The summed E-state index contributed by atoms with van der Waals surface area (Å²) < 4.78 is 5.81. The van der Waals surface area contributed by atoms with Crippen LogP contribution in [0.5, 0.6) is 11.6 Å². The SMILES string of the molecule is CNc1nc(C2CC2)nc(Oc2cncc(Cl)c2)c1C. The molecule has 1 fully saturated rings. The van der Waals surface area contributed by atoms with Gasteiger partial charge in [-0.3, -0.25) is 4.98 Å². The van der Waals surface area contributed by atoms with E-state index in [0.717, 1.165) is 30.0 Å². The summed E-state index contributed by atoms with van der Waals surface area (Å²) in [6.07, 6.45) is 5.47. The lowest BCUT2D eigenvalue weighted by molar-refractivity contribution is 0.453. The van der Waals surface area contributed by atoms with Gasteiger partial charge in [0.25, 0.3) is 0 Å². The first kappa shape index (κ1) is 13.1. The van der Waals surface area contributed by atoms with Crippen molar-refractivity contribution in [2.24, 2.45) is 0 Å². The first-order valence-corrected chi connectivity index (χ1v) is 6.90. The van der Waals surface area contributed by atoms with Crippen molar-refractivity contribution in [2.75, 3.05) is 12.4 Å².